The molecule has 5 rings (SSSR count). The summed E-state index contributed by atoms with van der Waals surface area (Å²) >= 11 is 3.13. The number of amides is 1. The number of aromatic nitrogens is 4. The second kappa shape index (κ2) is 9.14. The molecule has 10 heteroatoms. The Kier molecular flexibility index (Phi) is 6.09. The highest BCUT2D eigenvalue weighted by atomic mass is 32.2. The lowest BCUT2D eigenvalue weighted by Crippen LogP contribution is -2.50. The summed E-state index contributed by atoms with van der Waals surface area (Å²) < 4.78 is 3.01. The molecule has 1 aromatic carbocycles. The van der Waals surface area contributed by atoms with Gasteiger partial charge in [0.1, 0.15) is 5.03 Å². The van der Waals surface area contributed by atoms with E-state index < -0.39 is 0 Å². The number of benzene rings is 1. The maximum atomic E-state index is 12.6. The zero-order chi connectivity index (χ0) is 22.1. The first-order valence-electron chi connectivity index (χ1n) is 10.7. The highest BCUT2D eigenvalue weighted by Crippen LogP contribution is 2.33. The molecule has 0 bridgehead atoms. The first kappa shape index (κ1) is 21.3. The largest absolute Gasteiger partial charge is 0.301 e. The second-order valence-corrected chi connectivity index (χ2v) is 10.2. The molecule has 4 heterocycles. The number of rotatable bonds is 6. The van der Waals surface area contributed by atoms with Crippen molar-refractivity contribution >= 4 is 50.1 Å². The number of anilines is 1. The molecule has 1 fully saturated rings. The summed E-state index contributed by atoms with van der Waals surface area (Å²) in [4.78, 5) is 31.5. The van der Waals surface area contributed by atoms with Crippen LogP contribution in [-0.4, -0.2) is 73.8 Å². The third-order valence-electron chi connectivity index (χ3n) is 5.59. The molecule has 0 atom stereocenters. The van der Waals surface area contributed by atoms with Crippen molar-refractivity contribution in [2.24, 2.45) is 0 Å². The van der Waals surface area contributed by atoms with Gasteiger partial charge in [-0.2, -0.15) is 0 Å². The van der Waals surface area contributed by atoms with Crippen molar-refractivity contribution in [1.82, 2.24) is 29.2 Å². The van der Waals surface area contributed by atoms with Crippen LogP contribution in [0.4, 0.5) is 5.13 Å². The SMILES string of the molecule is CC(C)N1CCN(CC(=O)Nc2nc3ccc(Sc4cnc5ncccn45)cc3s2)CC1. The molecule has 0 aliphatic carbocycles. The maximum Gasteiger partial charge on any atom is 0.240 e. The van der Waals surface area contributed by atoms with Gasteiger partial charge >= 0.3 is 0 Å². The molecule has 0 radical (unpaired) electrons. The van der Waals surface area contributed by atoms with Crippen molar-refractivity contribution in [2.75, 3.05) is 38.0 Å². The van der Waals surface area contributed by atoms with Gasteiger partial charge in [0, 0.05) is 49.5 Å². The summed E-state index contributed by atoms with van der Waals surface area (Å²) in [5, 5.41) is 4.63. The topological polar surface area (TPSA) is 78.7 Å². The van der Waals surface area contributed by atoms with Gasteiger partial charge in [-0.3, -0.25) is 19.0 Å². The maximum absolute atomic E-state index is 12.6. The van der Waals surface area contributed by atoms with E-state index in [9.17, 15) is 4.79 Å². The van der Waals surface area contributed by atoms with Gasteiger partial charge < -0.3 is 5.32 Å². The Morgan fingerprint density at radius 1 is 1.22 bits per heavy atom. The Bertz CT molecular complexity index is 1240. The van der Waals surface area contributed by atoms with E-state index in [1.165, 1.54) is 11.3 Å². The zero-order valence-electron chi connectivity index (χ0n) is 18.1. The average molecular weight is 468 g/mol. The number of carbonyl (C=O) groups excluding carboxylic acids is 1. The van der Waals surface area contributed by atoms with Crippen molar-refractivity contribution < 1.29 is 4.79 Å². The first-order chi connectivity index (χ1) is 15.5. The van der Waals surface area contributed by atoms with Crippen LogP contribution in [0.1, 0.15) is 13.8 Å². The average Bonchev–Trinajstić information content (AvgIpc) is 3.37. The molecular weight excluding hydrogens is 442 g/mol. The number of carbonyl (C=O) groups is 1. The molecule has 1 aliphatic heterocycles. The van der Waals surface area contributed by atoms with Crippen molar-refractivity contribution in [1.29, 1.82) is 0 Å². The number of nitrogens with zero attached hydrogens (tertiary/aromatic N) is 6. The molecule has 0 unspecified atom stereocenters. The molecule has 1 N–H and O–H groups in total. The fraction of sp³-hybridized carbons (Fsp3) is 0.364. The molecule has 0 spiro atoms. The van der Waals surface area contributed by atoms with E-state index in [1.807, 2.05) is 35.0 Å². The van der Waals surface area contributed by atoms with Crippen LogP contribution < -0.4 is 5.32 Å². The van der Waals surface area contributed by atoms with Crippen LogP contribution in [0, 0.1) is 0 Å². The van der Waals surface area contributed by atoms with E-state index in [0.717, 1.165) is 46.3 Å². The van der Waals surface area contributed by atoms with E-state index in [4.69, 9.17) is 0 Å². The van der Waals surface area contributed by atoms with Gasteiger partial charge in [-0.05, 0) is 38.1 Å². The monoisotopic (exact) mass is 467 g/mol. The van der Waals surface area contributed by atoms with Gasteiger partial charge in [-0.15, -0.1) is 0 Å². The quantitative estimate of drug-likeness (QED) is 0.465. The van der Waals surface area contributed by atoms with Crippen LogP contribution in [0.2, 0.25) is 0 Å². The lowest BCUT2D eigenvalue weighted by atomic mass is 10.2. The Labute approximate surface area is 194 Å². The third-order valence-corrected chi connectivity index (χ3v) is 7.52. The number of hydrogen-bond acceptors (Lipinski definition) is 8. The second-order valence-electron chi connectivity index (χ2n) is 8.09. The van der Waals surface area contributed by atoms with Crippen LogP contribution in [0.5, 0.6) is 0 Å². The summed E-state index contributed by atoms with van der Waals surface area (Å²) in [6, 6.07) is 8.60. The van der Waals surface area contributed by atoms with Crippen LogP contribution in [0.15, 0.2) is 52.8 Å². The van der Waals surface area contributed by atoms with Crippen molar-refractivity contribution in [3.05, 3.63) is 42.9 Å². The van der Waals surface area contributed by atoms with Crippen LogP contribution >= 0.6 is 23.1 Å². The van der Waals surface area contributed by atoms with Gasteiger partial charge in [-0.25, -0.2) is 15.0 Å². The van der Waals surface area contributed by atoms with Gasteiger partial charge in [0.25, 0.3) is 0 Å². The van der Waals surface area contributed by atoms with Crippen LogP contribution in [0.3, 0.4) is 0 Å². The third kappa shape index (κ3) is 4.63. The van der Waals surface area contributed by atoms with Crippen LogP contribution in [0.25, 0.3) is 16.0 Å². The first-order valence-corrected chi connectivity index (χ1v) is 12.3. The number of thiazole rings is 1. The molecule has 4 aromatic rings. The fourth-order valence-electron chi connectivity index (χ4n) is 3.82. The van der Waals surface area contributed by atoms with Crippen molar-refractivity contribution in [2.45, 2.75) is 29.8 Å². The molecule has 3 aromatic heterocycles. The molecule has 1 saturated heterocycles. The van der Waals surface area contributed by atoms with Gasteiger partial charge in [0.15, 0.2) is 5.13 Å². The van der Waals surface area contributed by atoms with E-state index in [-0.39, 0.29) is 5.91 Å². The fourth-order valence-corrected chi connectivity index (χ4v) is 5.72. The predicted octanol–water partition coefficient (Wildman–Crippen LogP) is 3.45. The molecule has 32 heavy (non-hydrogen) atoms. The van der Waals surface area contributed by atoms with Gasteiger partial charge in [0.2, 0.25) is 11.7 Å². The van der Waals surface area contributed by atoms with Gasteiger partial charge in [0.05, 0.1) is 23.0 Å². The molecular formula is C22H25N7OS2. The summed E-state index contributed by atoms with van der Waals surface area (Å²) in [5.41, 5.74) is 0.889. The molecule has 1 aliphatic rings. The number of piperazine rings is 1. The summed E-state index contributed by atoms with van der Waals surface area (Å²) in [6.07, 6.45) is 5.53. The lowest BCUT2D eigenvalue weighted by Gasteiger charge is -2.36. The molecule has 0 saturated carbocycles. The molecule has 166 valence electrons. The summed E-state index contributed by atoms with van der Waals surface area (Å²) in [7, 11) is 0. The summed E-state index contributed by atoms with van der Waals surface area (Å²) in [6.45, 7) is 8.70. The Hall–Kier alpha value is -2.53. The van der Waals surface area contributed by atoms with E-state index in [2.05, 4.69) is 50.0 Å². The zero-order valence-corrected chi connectivity index (χ0v) is 19.7. The minimum Gasteiger partial charge on any atom is -0.301 e. The van der Waals surface area contributed by atoms with Gasteiger partial charge in [-0.1, -0.05) is 23.1 Å². The Morgan fingerprint density at radius 2 is 2.06 bits per heavy atom. The minimum absolute atomic E-state index is 0.00474. The van der Waals surface area contributed by atoms with Crippen molar-refractivity contribution in [3.63, 3.8) is 0 Å². The van der Waals surface area contributed by atoms with E-state index >= 15 is 0 Å². The smallest absolute Gasteiger partial charge is 0.240 e. The number of nitrogens with one attached hydrogen (secondary N) is 1. The highest BCUT2D eigenvalue weighted by Gasteiger charge is 2.21. The van der Waals surface area contributed by atoms with E-state index in [1.54, 1.807) is 18.0 Å². The minimum atomic E-state index is -0.00474. The highest BCUT2D eigenvalue weighted by molar-refractivity contribution is 7.99. The lowest BCUT2D eigenvalue weighted by molar-refractivity contribution is -0.117. The standard InChI is InChI=1S/C22H25N7OS2/c1-15(2)28-10-8-27(9-11-28)14-19(30)26-22-25-17-5-4-16(12-18(17)32-22)31-20-13-24-21-23-6-3-7-29(20)21/h3-7,12-13,15H,8-11,14H2,1-2H3,(H,25,26,30). The molecule has 8 nitrogen and oxygen atoms in total. The number of fused-ring (bicyclic) bond motifs is 2. The Balaban J connectivity index is 1.23. The number of hydrogen-bond donors (Lipinski definition) is 1. The Morgan fingerprint density at radius 3 is 2.88 bits per heavy atom. The van der Waals surface area contributed by atoms with E-state index in [0.29, 0.717) is 23.5 Å². The number of imidazole rings is 1. The predicted molar refractivity (Wildman–Crippen MR) is 129 cm³/mol. The molecule has 1 amide bonds. The normalized spacial score (nSPS) is 15.7. The van der Waals surface area contributed by atoms with Crippen LogP contribution in [-0.2, 0) is 4.79 Å². The van der Waals surface area contributed by atoms with Crippen molar-refractivity contribution in [3.8, 4) is 0 Å². The summed E-state index contributed by atoms with van der Waals surface area (Å²) in [5.74, 6) is 0.680.